The summed E-state index contributed by atoms with van der Waals surface area (Å²) < 4.78 is 38.7. The average molecular weight is 348 g/mol. The van der Waals surface area contributed by atoms with Crippen LogP contribution in [0.5, 0.6) is 0 Å². The molecule has 1 fully saturated rings. The van der Waals surface area contributed by atoms with E-state index in [1.807, 2.05) is 0 Å². The van der Waals surface area contributed by atoms with Crippen molar-refractivity contribution in [3.8, 4) is 0 Å². The second-order valence-electron chi connectivity index (χ2n) is 5.75. The van der Waals surface area contributed by atoms with Crippen LogP contribution in [-0.4, -0.2) is 35.0 Å². The zero-order valence-electron chi connectivity index (χ0n) is 12.8. The Morgan fingerprint density at radius 1 is 1.08 bits per heavy atom. The summed E-state index contributed by atoms with van der Waals surface area (Å²) >= 11 is 0. The van der Waals surface area contributed by atoms with Crippen LogP contribution in [0.4, 0.5) is 30.2 Å². The number of nitro benzene ring substituents is 2. The molecule has 1 aromatic carbocycles. The van der Waals surface area contributed by atoms with Gasteiger partial charge in [0.15, 0.2) is 5.69 Å². The van der Waals surface area contributed by atoms with Crippen LogP contribution >= 0.6 is 0 Å². The maximum atomic E-state index is 12.9. The third-order valence-electron chi connectivity index (χ3n) is 3.66. The summed E-state index contributed by atoms with van der Waals surface area (Å²) in [6.07, 6.45) is -4.92. The molecule has 2 unspecified atom stereocenters. The molecule has 0 aromatic heterocycles. The van der Waals surface area contributed by atoms with Gasteiger partial charge in [0.1, 0.15) is 0 Å². The van der Waals surface area contributed by atoms with Gasteiger partial charge >= 0.3 is 6.18 Å². The van der Waals surface area contributed by atoms with E-state index in [1.165, 1.54) is 4.90 Å². The molecule has 0 saturated carbocycles. The molecule has 11 heteroatoms. The predicted molar refractivity (Wildman–Crippen MR) is 79.0 cm³/mol. The lowest BCUT2D eigenvalue weighted by Gasteiger charge is -2.37. The number of hydrogen-bond donors (Lipinski definition) is 1. The first-order valence-corrected chi connectivity index (χ1v) is 7.05. The molecule has 0 aliphatic carbocycles. The van der Waals surface area contributed by atoms with Gasteiger partial charge < -0.3 is 10.2 Å². The third-order valence-corrected chi connectivity index (χ3v) is 3.66. The molecule has 2 atom stereocenters. The second kappa shape index (κ2) is 6.23. The number of alkyl halides is 3. The third kappa shape index (κ3) is 3.55. The van der Waals surface area contributed by atoms with Gasteiger partial charge in [-0.05, 0) is 13.8 Å². The fourth-order valence-corrected chi connectivity index (χ4v) is 2.88. The van der Waals surface area contributed by atoms with Gasteiger partial charge in [-0.2, -0.15) is 13.2 Å². The number of anilines is 1. The van der Waals surface area contributed by atoms with Crippen LogP contribution in [0.3, 0.4) is 0 Å². The molecule has 8 nitrogen and oxygen atoms in total. The minimum atomic E-state index is -4.92. The molecule has 1 saturated heterocycles. The minimum absolute atomic E-state index is 0.129. The van der Waals surface area contributed by atoms with E-state index in [1.54, 1.807) is 13.8 Å². The van der Waals surface area contributed by atoms with E-state index in [-0.39, 0.29) is 25.2 Å². The van der Waals surface area contributed by atoms with E-state index in [4.69, 9.17) is 0 Å². The highest BCUT2D eigenvalue weighted by Gasteiger charge is 2.40. The molecule has 1 N–H and O–H groups in total. The van der Waals surface area contributed by atoms with Crippen molar-refractivity contribution in [1.29, 1.82) is 0 Å². The van der Waals surface area contributed by atoms with Crippen LogP contribution in [0, 0.1) is 20.2 Å². The Kier molecular flexibility index (Phi) is 4.65. The van der Waals surface area contributed by atoms with Crippen molar-refractivity contribution < 1.29 is 23.0 Å². The second-order valence-corrected chi connectivity index (χ2v) is 5.75. The van der Waals surface area contributed by atoms with Crippen molar-refractivity contribution in [2.45, 2.75) is 32.1 Å². The van der Waals surface area contributed by atoms with Crippen molar-refractivity contribution in [1.82, 2.24) is 5.32 Å². The first kappa shape index (κ1) is 17.9. The lowest BCUT2D eigenvalue weighted by atomic mass is 10.1. The number of benzene rings is 1. The Morgan fingerprint density at radius 3 is 1.83 bits per heavy atom. The summed E-state index contributed by atoms with van der Waals surface area (Å²) in [5, 5.41) is 25.7. The Labute approximate surface area is 134 Å². The first-order chi connectivity index (χ1) is 11.0. The molecular formula is C13H15F3N4O4. The van der Waals surface area contributed by atoms with Crippen molar-refractivity contribution in [3.63, 3.8) is 0 Å². The number of halogens is 3. The van der Waals surface area contributed by atoms with Crippen LogP contribution in [0.1, 0.15) is 19.4 Å². The lowest BCUT2D eigenvalue weighted by Crippen LogP contribution is -2.54. The normalized spacial score (nSPS) is 21.6. The van der Waals surface area contributed by atoms with Crippen LogP contribution in [0.15, 0.2) is 12.1 Å². The summed E-state index contributed by atoms with van der Waals surface area (Å²) in [7, 11) is 0. The number of rotatable bonds is 3. The highest BCUT2D eigenvalue weighted by atomic mass is 19.4. The molecular weight excluding hydrogens is 333 g/mol. The van der Waals surface area contributed by atoms with Crippen LogP contribution in [-0.2, 0) is 6.18 Å². The molecule has 0 spiro atoms. The highest BCUT2D eigenvalue weighted by Crippen LogP contribution is 2.43. The Balaban J connectivity index is 2.68. The molecule has 0 amide bonds. The smallest absolute Gasteiger partial charge is 0.357 e. The molecule has 132 valence electrons. The summed E-state index contributed by atoms with van der Waals surface area (Å²) in [6.45, 7) is 3.98. The van der Waals surface area contributed by atoms with Gasteiger partial charge in [-0.1, -0.05) is 0 Å². The molecule has 2 rings (SSSR count). The Bertz CT molecular complexity index is 635. The van der Waals surface area contributed by atoms with Crippen molar-refractivity contribution in [2.75, 3.05) is 18.0 Å². The molecule has 24 heavy (non-hydrogen) atoms. The maximum absolute atomic E-state index is 12.9. The van der Waals surface area contributed by atoms with E-state index in [0.29, 0.717) is 12.1 Å². The van der Waals surface area contributed by atoms with E-state index < -0.39 is 38.6 Å². The fraction of sp³-hybridized carbons (Fsp3) is 0.538. The van der Waals surface area contributed by atoms with Crippen LogP contribution in [0.2, 0.25) is 0 Å². The Morgan fingerprint density at radius 2 is 1.50 bits per heavy atom. The summed E-state index contributed by atoms with van der Waals surface area (Å²) in [6, 6.07) is 0.435. The Hall–Kier alpha value is -2.43. The first-order valence-electron chi connectivity index (χ1n) is 7.05. The summed E-state index contributed by atoms with van der Waals surface area (Å²) in [5.41, 5.74) is -3.64. The van der Waals surface area contributed by atoms with Gasteiger partial charge in [-0.3, -0.25) is 20.2 Å². The number of hydrogen-bond acceptors (Lipinski definition) is 6. The van der Waals surface area contributed by atoms with Gasteiger partial charge in [0, 0.05) is 37.3 Å². The van der Waals surface area contributed by atoms with Gasteiger partial charge in [0.2, 0.25) is 0 Å². The van der Waals surface area contributed by atoms with E-state index >= 15 is 0 Å². The summed E-state index contributed by atoms with van der Waals surface area (Å²) in [4.78, 5) is 21.9. The van der Waals surface area contributed by atoms with Crippen molar-refractivity contribution in [2.24, 2.45) is 0 Å². The van der Waals surface area contributed by atoms with Gasteiger partial charge in [0.25, 0.3) is 11.4 Å². The number of nitro groups is 2. The molecule has 0 bridgehead atoms. The van der Waals surface area contributed by atoms with Crippen molar-refractivity contribution in [3.05, 3.63) is 37.9 Å². The van der Waals surface area contributed by atoms with E-state index in [0.717, 1.165) is 0 Å². The van der Waals surface area contributed by atoms with Gasteiger partial charge in [-0.25, -0.2) is 0 Å². The molecule has 1 heterocycles. The van der Waals surface area contributed by atoms with E-state index in [9.17, 15) is 33.4 Å². The monoisotopic (exact) mass is 348 g/mol. The largest absolute Gasteiger partial charge is 0.416 e. The molecule has 1 aliphatic rings. The van der Waals surface area contributed by atoms with Crippen LogP contribution in [0.25, 0.3) is 0 Å². The maximum Gasteiger partial charge on any atom is 0.416 e. The quantitative estimate of drug-likeness (QED) is 0.666. The number of nitrogens with one attached hydrogen (secondary N) is 1. The fourth-order valence-electron chi connectivity index (χ4n) is 2.88. The summed E-state index contributed by atoms with van der Waals surface area (Å²) in [5.74, 6) is 0. The minimum Gasteiger partial charge on any atom is -0.357 e. The van der Waals surface area contributed by atoms with Gasteiger partial charge in [-0.15, -0.1) is 0 Å². The topological polar surface area (TPSA) is 102 Å². The predicted octanol–water partition coefficient (Wildman–Crippen LogP) is 2.71. The van der Waals surface area contributed by atoms with Crippen LogP contribution < -0.4 is 10.2 Å². The zero-order chi connectivity index (χ0) is 18.2. The molecule has 1 aliphatic heterocycles. The number of nitrogens with zero attached hydrogens (tertiary/aromatic N) is 3. The molecule has 0 radical (unpaired) electrons. The highest BCUT2D eigenvalue weighted by molar-refractivity contribution is 5.76. The van der Waals surface area contributed by atoms with E-state index in [2.05, 4.69) is 5.32 Å². The SMILES string of the molecule is CC1CN(c2c([N+](=O)[O-])cc(C(F)(F)F)cc2[N+](=O)[O-])CC(C)N1. The number of piperazine rings is 1. The molecule has 1 aromatic rings. The lowest BCUT2D eigenvalue weighted by molar-refractivity contribution is -0.393. The van der Waals surface area contributed by atoms with Crippen molar-refractivity contribution >= 4 is 17.1 Å². The average Bonchev–Trinajstić information content (AvgIpc) is 2.43. The van der Waals surface area contributed by atoms with Gasteiger partial charge in [0.05, 0.1) is 15.4 Å². The zero-order valence-corrected chi connectivity index (χ0v) is 12.8. The standard InChI is InChI=1S/C13H15F3N4O4/c1-7-5-18(6-8(2)17-7)12-10(19(21)22)3-9(13(14,15)16)4-11(12)20(23)24/h3-4,7-8,17H,5-6H2,1-2H3.